The zero-order valence-corrected chi connectivity index (χ0v) is 14.2. The highest BCUT2D eigenvalue weighted by Crippen LogP contribution is 2.29. The van der Waals surface area contributed by atoms with Gasteiger partial charge in [-0.1, -0.05) is 12.5 Å². The summed E-state index contributed by atoms with van der Waals surface area (Å²) in [5.41, 5.74) is 4.56. The summed E-state index contributed by atoms with van der Waals surface area (Å²) in [5.74, 6) is -1.37. The van der Waals surface area contributed by atoms with Crippen LogP contribution in [0.5, 0.6) is 0 Å². The number of carbonyl (C=O) groups excluding carboxylic acids is 1. The maximum Gasteiger partial charge on any atom is 0.306 e. The van der Waals surface area contributed by atoms with E-state index in [4.69, 9.17) is 5.11 Å². The summed E-state index contributed by atoms with van der Waals surface area (Å²) in [6.45, 7) is 4.62. The van der Waals surface area contributed by atoms with Gasteiger partial charge in [-0.2, -0.15) is 0 Å². The molecule has 1 aliphatic carbocycles. The maximum absolute atomic E-state index is 12.4. The van der Waals surface area contributed by atoms with Gasteiger partial charge in [-0.15, -0.1) is 0 Å². The fourth-order valence-electron chi connectivity index (χ4n) is 3.60. The number of rotatable bonds is 4. The van der Waals surface area contributed by atoms with Gasteiger partial charge in [0.25, 0.3) is 0 Å². The number of fused-ring (bicyclic) bond motifs is 1. The highest BCUT2D eigenvalue weighted by molar-refractivity contribution is 5.85. The molecular formula is C19H24N2O3. The van der Waals surface area contributed by atoms with Gasteiger partial charge in [-0.25, -0.2) is 0 Å². The van der Waals surface area contributed by atoms with E-state index >= 15 is 0 Å². The first-order valence-corrected chi connectivity index (χ1v) is 8.54. The largest absolute Gasteiger partial charge is 0.481 e. The molecule has 0 spiro atoms. The highest BCUT2D eigenvalue weighted by Gasteiger charge is 2.30. The van der Waals surface area contributed by atoms with Gasteiger partial charge in [0, 0.05) is 29.1 Å². The van der Waals surface area contributed by atoms with E-state index in [1.54, 1.807) is 0 Å². The van der Waals surface area contributed by atoms with Crippen molar-refractivity contribution in [2.45, 2.75) is 46.1 Å². The average Bonchev–Trinajstić information content (AvgIpc) is 2.87. The van der Waals surface area contributed by atoms with E-state index in [1.165, 1.54) is 10.9 Å². The van der Waals surface area contributed by atoms with E-state index in [1.807, 2.05) is 12.1 Å². The lowest BCUT2D eigenvalue weighted by Crippen LogP contribution is -2.35. The number of amides is 1. The zero-order valence-electron chi connectivity index (χ0n) is 14.2. The van der Waals surface area contributed by atoms with Gasteiger partial charge in [-0.3, -0.25) is 9.59 Å². The first-order chi connectivity index (χ1) is 11.5. The third-order valence-electron chi connectivity index (χ3n) is 5.23. The van der Waals surface area contributed by atoms with Crippen molar-refractivity contribution in [2.24, 2.45) is 11.8 Å². The molecule has 3 N–H and O–H groups in total. The van der Waals surface area contributed by atoms with Gasteiger partial charge in [-0.05, 0) is 56.4 Å². The van der Waals surface area contributed by atoms with Crippen LogP contribution in [-0.2, 0) is 16.1 Å². The molecule has 2 atom stereocenters. The van der Waals surface area contributed by atoms with E-state index < -0.39 is 5.97 Å². The lowest BCUT2D eigenvalue weighted by Gasteiger charge is -2.25. The van der Waals surface area contributed by atoms with Gasteiger partial charge in [0.1, 0.15) is 0 Å². The first-order valence-electron chi connectivity index (χ1n) is 8.54. The van der Waals surface area contributed by atoms with Gasteiger partial charge in [0.05, 0.1) is 5.92 Å². The molecule has 2 aromatic rings. The van der Waals surface area contributed by atoms with Crippen molar-refractivity contribution in [3.63, 3.8) is 0 Å². The van der Waals surface area contributed by atoms with Crippen molar-refractivity contribution in [2.75, 3.05) is 0 Å². The lowest BCUT2D eigenvalue weighted by molar-refractivity contribution is -0.144. The Morgan fingerprint density at radius 1 is 1.25 bits per heavy atom. The Balaban J connectivity index is 1.63. The molecule has 0 radical (unpaired) electrons. The molecule has 3 rings (SSSR count). The predicted octanol–water partition coefficient (Wildman–Crippen LogP) is 3.29. The quantitative estimate of drug-likeness (QED) is 0.805. The summed E-state index contributed by atoms with van der Waals surface area (Å²) in [4.78, 5) is 26.8. The second kappa shape index (κ2) is 6.67. The van der Waals surface area contributed by atoms with Crippen molar-refractivity contribution in [1.82, 2.24) is 10.3 Å². The topological polar surface area (TPSA) is 82.2 Å². The molecule has 2 unspecified atom stereocenters. The van der Waals surface area contributed by atoms with Crippen LogP contribution >= 0.6 is 0 Å². The number of aromatic nitrogens is 1. The van der Waals surface area contributed by atoms with E-state index in [0.29, 0.717) is 19.4 Å². The second-order valence-electron chi connectivity index (χ2n) is 6.87. The average molecular weight is 328 g/mol. The minimum absolute atomic E-state index is 0.0250. The summed E-state index contributed by atoms with van der Waals surface area (Å²) in [6.07, 6.45) is 2.73. The van der Waals surface area contributed by atoms with Crippen LogP contribution in [0.3, 0.4) is 0 Å². The van der Waals surface area contributed by atoms with Crippen LogP contribution in [0.25, 0.3) is 10.9 Å². The number of hydrogen-bond donors (Lipinski definition) is 3. The van der Waals surface area contributed by atoms with Crippen LogP contribution in [0.4, 0.5) is 0 Å². The SMILES string of the molecule is Cc1[nH]c2ccc(CNC(=O)C3CCCC(C(=O)O)C3)cc2c1C. The Morgan fingerprint density at radius 2 is 2.00 bits per heavy atom. The van der Waals surface area contributed by atoms with Crippen molar-refractivity contribution < 1.29 is 14.7 Å². The minimum atomic E-state index is -0.781. The lowest BCUT2D eigenvalue weighted by atomic mass is 9.81. The molecule has 1 amide bonds. The van der Waals surface area contributed by atoms with E-state index in [-0.39, 0.29) is 17.7 Å². The van der Waals surface area contributed by atoms with Crippen molar-refractivity contribution >= 4 is 22.8 Å². The van der Waals surface area contributed by atoms with Crippen LogP contribution in [-0.4, -0.2) is 22.0 Å². The molecule has 0 saturated heterocycles. The summed E-state index contributed by atoms with van der Waals surface area (Å²) in [5, 5.41) is 13.3. The van der Waals surface area contributed by atoms with Gasteiger partial charge in [0.15, 0.2) is 0 Å². The Morgan fingerprint density at radius 3 is 2.75 bits per heavy atom. The minimum Gasteiger partial charge on any atom is -0.481 e. The number of carboxylic acid groups (broad SMARTS) is 1. The fraction of sp³-hybridized carbons (Fsp3) is 0.474. The fourth-order valence-corrected chi connectivity index (χ4v) is 3.60. The molecular weight excluding hydrogens is 304 g/mol. The smallest absolute Gasteiger partial charge is 0.306 e. The van der Waals surface area contributed by atoms with Gasteiger partial charge >= 0.3 is 5.97 Å². The van der Waals surface area contributed by atoms with Crippen LogP contribution in [0.15, 0.2) is 18.2 Å². The zero-order chi connectivity index (χ0) is 17.3. The normalized spacial score (nSPS) is 20.9. The first kappa shape index (κ1) is 16.6. The van der Waals surface area contributed by atoms with Crippen LogP contribution in [0.2, 0.25) is 0 Å². The summed E-state index contributed by atoms with van der Waals surface area (Å²) in [6, 6.07) is 6.16. The van der Waals surface area contributed by atoms with Crippen molar-refractivity contribution in [3.05, 3.63) is 35.0 Å². The molecule has 1 aromatic heterocycles. The van der Waals surface area contributed by atoms with E-state index in [2.05, 4.69) is 30.2 Å². The maximum atomic E-state index is 12.4. The number of H-pyrrole nitrogens is 1. The Labute approximate surface area is 141 Å². The second-order valence-corrected chi connectivity index (χ2v) is 6.87. The Hall–Kier alpha value is -2.30. The van der Waals surface area contributed by atoms with Crippen molar-refractivity contribution in [3.8, 4) is 0 Å². The summed E-state index contributed by atoms with van der Waals surface area (Å²) >= 11 is 0. The number of aliphatic carboxylic acids is 1. The molecule has 1 aromatic carbocycles. The molecule has 5 heteroatoms. The van der Waals surface area contributed by atoms with Gasteiger partial charge in [0.2, 0.25) is 5.91 Å². The standard InChI is InChI=1S/C19H24N2O3/c1-11-12(2)21-17-7-6-13(8-16(11)17)10-20-18(22)14-4-3-5-15(9-14)19(23)24/h6-8,14-15,21H,3-5,9-10H2,1-2H3,(H,20,22)(H,23,24). The number of carbonyl (C=O) groups is 2. The third kappa shape index (κ3) is 3.30. The molecule has 1 saturated carbocycles. The summed E-state index contributed by atoms with van der Waals surface area (Å²) in [7, 11) is 0. The molecule has 0 bridgehead atoms. The highest BCUT2D eigenvalue weighted by atomic mass is 16.4. The van der Waals surface area contributed by atoms with Crippen LogP contribution in [0.1, 0.15) is 42.5 Å². The number of hydrogen-bond acceptors (Lipinski definition) is 2. The third-order valence-corrected chi connectivity index (χ3v) is 5.23. The van der Waals surface area contributed by atoms with E-state index in [0.717, 1.165) is 29.6 Å². The summed E-state index contributed by atoms with van der Waals surface area (Å²) < 4.78 is 0. The number of aryl methyl sites for hydroxylation is 2. The molecule has 24 heavy (non-hydrogen) atoms. The molecule has 128 valence electrons. The van der Waals surface area contributed by atoms with E-state index in [9.17, 15) is 9.59 Å². The number of carboxylic acids is 1. The number of aromatic amines is 1. The molecule has 1 heterocycles. The Bertz CT molecular complexity index is 778. The molecule has 5 nitrogen and oxygen atoms in total. The number of nitrogens with one attached hydrogen (secondary N) is 2. The van der Waals surface area contributed by atoms with Gasteiger partial charge < -0.3 is 15.4 Å². The van der Waals surface area contributed by atoms with Crippen molar-refractivity contribution in [1.29, 1.82) is 0 Å². The monoisotopic (exact) mass is 328 g/mol. The predicted molar refractivity (Wildman–Crippen MR) is 92.7 cm³/mol. The Kier molecular flexibility index (Phi) is 4.60. The molecule has 0 aliphatic heterocycles. The van der Waals surface area contributed by atoms with Crippen LogP contribution < -0.4 is 5.32 Å². The molecule has 1 aliphatic rings. The van der Waals surface area contributed by atoms with Crippen LogP contribution in [0, 0.1) is 25.7 Å². The molecule has 1 fully saturated rings. The number of benzene rings is 1.